The van der Waals surface area contributed by atoms with Gasteiger partial charge in [0.25, 0.3) is 0 Å². The summed E-state index contributed by atoms with van der Waals surface area (Å²) in [6.07, 6.45) is 1.58. The van der Waals surface area contributed by atoms with Crippen LogP contribution in [0.1, 0.15) is 10.4 Å². The van der Waals surface area contributed by atoms with Gasteiger partial charge in [-0.25, -0.2) is 4.98 Å². The molecule has 0 amide bonds. The third kappa shape index (κ3) is 3.15. The Morgan fingerprint density at radius 1 is 1.09 bits per heavy atom. The fraction of sp³-hybridized carbons (Fsp3) is 0.0588. The molecule has 1 heterocycles. The van der Waals surface area contributed by atoms with Gasteiger partial charge >= 0.3 is 0 Å². The number of hydrogen-bond donors (Lipinski definition) is 2. The SMILES string of the molecule is Cc1sc(NN=Cc2ccccc2O)nc1-c1ccccc1. The van der Waals surface area contributed by atoms with E-state index in [4.69, 9.17) is 0 Å². The minimum atomic E-state index is 0.202. The first-order chi connectivity index (χ1) is 10.7. The van der Waals surface area contributed by atoms with Crippen molar-refractivity contribution in [3.63, 3.8) is 0 Å². The lowest BCUT2D eigenvalue weighted by atomic mass is 10.1. The molecule has 2 aromatic carbocycles. The van der Waals surface area contributed by atoms with Crippen molar-refractivity contribution in [3.8, 4) is 17.0 Å². The molecular weight excluding hydrogens is 294 g/mol. The van der Waals surface area contributed by atoms with Crippen molar-refractivity contribution in [3.05, 3.63) is 65.0 Å². The molecular formula is C17H15N3OS. The van der Waals surface area contributed by atoms with Crippen molar-refractivity contribution in [2.24, 2.45) is 5.10 Å². The second-order valence-corrected chi connectivity index (χ2v) is 5.92. The molecule has 0 unspecified atom stereocenters. The fourth-order valence-electron chi connectivity index (χ4n) is 2.06. The number of aromatic hydroxyl groups is 1. The average Bonchev–Trinajstić information content (AvgIpc) is 2.91. The monoisotopic (exact) mass is 309 g/mol. The van der Waals surface area contributed by atoms with Gasteiger partial charge in [-0.2, -0.15) is 5.10 Å². The Kier molecular flexibility index (Phi) is 4.16. The van der Waals surface area contributed by atoms with Crippen LogP contribution in [-0.4, -0.2) is 16.3 Å². The molecule has 0 saturated heterocycles. The Bertz CT molecular complexity index is 797. The number of phenolic OH excluding ortho intramolecular Hbond substituents is 1. The molecule has 110 valence electrons. The zero-order chi connectivity index (χ0) is 15.4. The number of phenols is 1. The predicted octanol–water partition coefficient (Wildman–Crippen LogP) is 4.27. The molecule has 4 nitrogen and oxygen atoms in total. The van der Waals surface area contributed by atoms with E-state index in [9.17, 15) is 5.11 Å². The number of thiazole rings is 1. The summed E-state index contributed by atoms with van der Waals surface area (Å²) in [7, 11) is 0. The van der Waals surface area contributed by atoms with Crippen LogP contribution in [0.3, 0.4) is 0 Å². The first-order valence-electron chi connectivity index (χ1n) is 6.84. The number of nitrogens with one attached hydrogen (secondary N) is 1. The molecule has 1 aromatic heterocycles. The number of aromatic nitrogens is 1. The lowest BCUT2D eigenvalue weighted by Crippen LogP contribution is -1.90. The number of anilines is 1. The maximum atomic E-state index is 9.67. The number of aryl methyl sites for hydroxylation is 1. The number of hydrazone groups is 1. The standard InChI is InChI=1S/C17H15N3OS/c1-12-16(13-7-3-2-4-8-13)19-17(22-12)20-18-11-14-9-5-6-10-15(14)21/h2-11,21H,1H3,(H,19,20). The van der Waals surface area contributed by atoms with E-state index in [2.05, 4.69) is 15.5 Å². The smallest absolute Gasteiger partial charge is 0.204 e. The zero-order valence-corrected chi connectivity index (χ0v) is 12.8. The first-order valence-corrected chi connectivity index (χ1v) is 7.65. The van der Waals surface area contributed by atoms with Crippen LogP contribution in [0.2, 0.25) is 0 Å². The van der Waals surface area contributed by atoms with Gasteiger partial charge in [-0.05, 0) is 19.1 Å². The van der Waals surface area contributed by atoms with Crippen molar-refractivity contribution >= 4 is 22.7 Å². The molecule has 0 aliphatic carbocycles. The minimum absolute atomic E-state index is 0.202. The van der Waals surface area contributed by atoms with Crippen molar-refractivity contribution in [2.45, 2.75) is 6.92 Å². The van der Waals surface area contributed by atoms with Crippen LogP contribution >= 0.6 is 11.3 Å². The number of nitrogens with zero attached hydrogens (tertiary/aromatic N) is 2. The third-order valence-corrected chi connectivity index (χ3v) is 4.02. The van der Waals surface area contributed by atoms with Crippen LogP contribution in [0, 0.1) is 6.92 Å². The molecule has 0 atom stereocenters. The summed E-state index contributed by atoms with van der Waals surface area (Å²) in [5.41, 5.74) is 5.63. The van der Waals surface area contributed by atoms with Gasteiger partial charge in [0.1, 0.15) is 5.75 Å². The Labute approximate surface area is 132 Å². The third-order valence-electron chi connectivity index (χ3n) is 3.14. The summed E-state index contributed by atoms with van der Waals surface area (Å²) < 4.78 is 0. The van der Waals surface area contributed by atoms with Gasteiger partial charge in [0.2, 0.25) is 5.13 Å². The highest BCUT2D eigenvalue weighted by molar-refractivity contribution is 7.15. The molecule has 0 aliphatic rings. The fourth-order valence-corrected chi connectivity index (χ4v) is 2.85. The van der Waals surface area contributed by atoms with Gasteiger partial charge in [0.05, 0.1) is 11.9 Å². The first kappa shape index (κ1) is 14.3. The van der Waals surface area contributed by atoms with Crippen LogP contribution in [0.5, 0.6) is 5.75 Å². The number of benzene rings is 2. The summed E-state index contributed by atoms with van der Waals surface area (Å²) >= 11 is 1.55. The maximum Gasteiger partial charge on any atom is 0.204 e. The molecule has 5 heteroatoms. The number of para-hydroxylation sites is 1. The summed E-state index contributed by atoms with van der Waals surface area (Å²) in [4.78, 5) is 5.70. The van der Waals surface area contributed by atoms with Gasteiger partial charge in [-0.15, -0.1) is 11.3 Å². The number of rotatable bonds is 4. The highest BCUT2D eigenvalue weighted by atomic mass is 32.1. The van der Waals surface area contributed by atoms with E-state index in [0.717, 1.165) is 21.3 Å². The molecule has 0 aliphatic heterocycles. The molecule has 0 radical (unpaired) electrons. The topological polar surface area (TPSA) is 57.5 Å². The van der Waals surface area contributed by atoms with Gasteiger partial charge < -0.3 is 5.11 Å². The normalized spacial score (nSPS) is 11.0. The number of hydrogen-bond acceptors (Lipinski definition) is 5. The summed E-state index contributed by atoms with van der Waals surface area (Å²) in [6.45, 7) is 2.04. The van der Waals surface area contributed by atoms with Crippen molar-refractivity contribution in [1.82, 2.24) is 4.98 Å². The van der Waals surface area contributed by atoms with Crippen LogP contribution in [0.15, 0.2) is 59.7 Å². The van der Waals surface area contributed by atoms with Crippen LogP contribution < -0.4 is 5.43 Å². The lowest BCUT2D eigenvalue weighted by molar-refractivity contribution is 0.474. The van der Waals surface area contributed by atoms with E-state index in [1.165, 1.54) is 0 Å². The summed E-state index contributed by atoms with van der Waals surface area (Å²) in [5, 5.41) is 14.5. The molecule has 3 aromatic rings. The van der Waals surface area contributed by atoms with Crippen LogP contribution in [0.4, 0.5) is 5.13 Å². The molecule has 2 N–H and O–H groups in total. The quantitative estimate of drug-likeness (QED) is 0.559. The Morgan fingerprint density at radius 3 is 2.59 bits per heavy atom. The summed E-state index contributed by atoms with van der Waals surface area (Å²) in [5.74, 6) is 0.202. The molecule has 0 fully saturated rings. The van der Waals surface area contributed by atoms with Gasteiger partial charge in [-0.3, -0.25) is 5.43 Å². The zero-order valence-electron chi connectivity index (χ0n) is 12.0. The second-order valence-electron chi connectivity index (χ2n) is 4.72. The Morgan fingerprint density at radius 2 is 1.82 bits per heavy atom. The summed E-state index contributed by atoms with van der Waals surface area (Å²) in [6, 6.07) is 17.1. The largest absolute Gasteiger partial charge is 0.507 e. The van der Waals surface area contributed by atoms with Crippen molar-refractivity contribution < 1.29 is 5.11 Å². The van der Waals surface area contributed by atoms with Crippen molar-refractivity contribution in [1.29, 1.82) is 0 Å². The van der Waals surface area contributed by atoms with Gasteiger partial charge in [0.15, 0.2) is 0 Å². The highest BCUT2D eigenvalue weighted by Gasteiger charge is 2.08. The van der Waals surface area contributed by atoms with Gasteiger partial charge in [0, 0.05) is 16.0 Å². The van der Waals surface area contributed by atoms with E-state index >= 15 is 0 Å². The van der Waals surface area contributed by atoms with Gasteiger partial charge in [-0.1, -0.05) is 42.5 Å². The molecule has 22 heavy (non-hydrogen) atoms. The Balaban J connectivity index is 1.76. The van der Waals surface area contributed by atoms with Crippen molar-refractivity contribution in [2.75, 3.05) is 5.43 Å². The van der Waals surface area contributed by atoms with E-state index in [-0.39, 0.29) is 5.75 Å². The minimum Gasteiger partial charge on any atom is -0.507 e. The highest BCUT2D eigenvalue weighted by Crippen LogP contribution is 2.30. The average molecular weight is 309 g/mol. The maximum absolute atomic E-state index is 9.67. The molecule has 0 saturated carbocycles. The Hall–Kier alpha value is -2.66. The lowest BCUT2D eigenvalue weighted by Gasteiger charge is -1.97. The van der Waals surface area contributed by atoms with E-state index in [0.29, 0.717) is 5.56 Å². The second kappa shape index (κ2) is 6.41. The van der Waals surface area contributed by atoms with Crippen LogP contribution in [0.25, 0.3) is 11.3 Å². The van der Waals surface area contributed by atoms with E-state index in [1.54, 1.807) is 35.8 Å². The van der Waals surface area contributed by atoms with Crippen LogP contribution in [-0.2, 0) is 0 Å². The molecule has 3 rings (SSSR count). The predicted molar refractivity (Wildman–Crippen MR) is 91.6 cm³/mol. The van der Waals surface area contributed by atoms with E-state index in [1.807, 2.05) is 43.3 Å². The molecule has 0 bridgehead atoms. The van der Waals surface area contributed by atoms with E-state index < -0.39 is 0 Å². The molecule has 0 spiro atoms.